The monoisotopic (exact) mass is 184 g/mol. The van der Waals surface area contributed by atoms with Gasteiger partial charge in [-0.3, -0.25) is 0 Å². The molecule has 0 aromatic heterocycles. The molecule has 0 saturated heterocycles. The van der Waals surface area contributed by atoms with Crippen LogP contribution in [0.25, 0.3) is 0 Å². The molecule has 0 aliphatic rings. The molecule has 1 aromatic carbocycles. The average molecular weight is 184 g/mol. The Bertz CT molecular complexity index is 420. The van der Waals surface area contributed by atoms with E-state index in [0.29, 0.717) is 11.1 Å². The standard InChI is InChI=1S/C11H8N2O/c1-8(6-12)11(14)10-4-2-9(7-13)3-5-10/h2-5,11,14H,1H2. The molecule has 0 heterocycles. The van der Waals surface area contributed by atoms with Gasteiger partial charge in [-0.15, -0.1) is 0 Å². The van der Waals surface area contributed by atoms with Crippen LogP contribution in [-0.2, 0) is 0 Å². The highest BCUT2D eigenvalue weighted by molar-refractivity contribution is 5.36. The zero-order valence-corrected chi connectivity index (χ0v) is 7.44. The van der Waals surface area contributed by atoms with Crippen molar-refractivity contribution < 1.29 is 5.11 Å². The van der Waals surface area contributed by atoms with E-state index in [1.54, 1.807) is 30.3 Å². The van der Waals surface area contributed by atoms with Gasteiger partial charge in [-0.1, -0.05) is 18.7 Å². The van der Waals surface area contributed by atoms with Crippen molar-refractivity contribution in [2.24, 2.45) is 0 Å². The van der Waals surface area contributed by atoms with Gasteiger partial charge in [0.2, 0.25) is 0 Å². The number of aliphatic hydroxyl groups excluding tert-OH is 1. The SMILES string of the molecule is C=C(C#N)C(O)c1ccc(C#N)cc1. The highest BCUT2D eigenvalue weighted by atomic mass is 16.3. The molecule has 0 aliphatic heterocycles. The second kappa shape index (κ2) is 4.23. The highest BCUT2D eigenvalue weighted by Gasteiger charge is 2.10. The summed E-state index contributed by atoms with van der Waals surface area (Å²) in [4.78, 5) is 0. The second-order valence-corrected chi connectivity index (χ2v) is 2.77. The molecule has 1 N–H and O–H groups in total. The maximum absolute atomic E-state index is 9.55. The number of nitrogens with zero attached hydrogens (tertiary/aromatic N) is 2. The first-order chi connectivity index (χ1) is 6.69. The molecule has 0 fully saturated rings. The summed E-state index contributed by atoms with van der Waals surface area (Å²) in [5, 5.41) is 26.6. The largest absolute Gasteiger partial charge is 0.383 e. The van der Waals surface area contributed by atoms with E-state index in [0.717, 1.165) is 0 Å². The molecule has 0 radical (unpaired) electrons. The van der Waals surface area contributed by atoms with Crippen LogP contribution in [0.15, 0.2) is 36.4 Å². The van der Waals surface area contributed by atoms with Crippen LogP contribution in [-0.4, -0.2) is 5.11 Å². The Morgan fingerprint density at radius 1 is 1.29 bits per heavy atom. The maximum atomic E-state index is 9.55. The third-order valence-electron chi connectivity index (χ3n) is 1.83. The van der Waals surface area contributed by atoms with Crippen LogP contribution >= 0.6 is 0 Å². The van der Waals surface area contributed by atoms with Crippen molar-refractivity contribution in [1.82, 2.24) is 0 Å². The number of benzene rings is 1. The quantitative estimate of drug-likeness (QED) is 0.711. The van der Waals surface area contributed by atoms with Crippen molar-refractivity contribution in [2.75, 3.05) is 0 Å². The molecule has 1 unspecified atom stereocenters. The van der Waals surface area contributed by atoms with Crippen LogP contribution in [0.3, 0.4) is 0 Å². The fourth-order valence-electron chi connectivity index (χ4n) is 1.00. The van der Waals surface area contributed by atoms with Gasteiger partial charge in [0.25, 0.3) is 0 Å². The molecule has 3 nitrogen and oxygen atoms in total. The van der Waals surface area contributed by atoms with Crippen molar-refractivity contribution in [1.29, 1.82) is 10.5 Å². The lowest BCUT2D eigenvalue weighted by atomic mass is 10.0. The molecule has 0 bridgehead atoms. The molecule has 1 rings (SSSR count). The van der Waals surface area contributed by atoms with Crippen LogP contribution in [0.2, 0.25) is 0 Å². The third kappa shape index (κ3) is 1.98. The molecular weight excluding hydrogens is 176 g/mol. The summed E-state index contributed by atoms with van der Waals surface area (Å²) < 4.78 is 0. The summed E-state index contributed by atoms with van der Waals surface area (Å²) in [5.41, 5.74) is 1.17. The lowest BCUT2D eigenvalue weighted by Crippen LogP contribution is -1.98. The van der Waals surface area contributed by atoms with Gasteiger partial charge in [0.05, 0.1) is 23.3 Å². The number of nitriles is 2. The first-order valence-electron chi connectivity index (χ1n) is 3.96. The second-order valence-electron chi connectivity index (χ2n) is 2.77. The molecule has 0 aliphatic carbocycles. The Balaban J connectivity index is 2.95. The van der Waals surface area contributed by atoms with E-state index in [4.69, 9.17) is 10.5 Å². The lowest BCUT2D eigenvalue weighted by Gasteiger charge is -2.07. The molecule has 0 spiro atoms. The van der Waals surface area contributed by atoms with Crippen molar-refractivity contribution in [3.05, 3.63) is 47.5 Å². The van der Waals surface area contributed by atoms with Crippen LogP contribution < -0.4 is 0 Å². The predicted molar refractivity (Wildman–Crippen MR) is 50.9 cm³/mol. The summed E-state index contributed by atoms with van der Waals surface area (Å²) >= 11 is 0. The van der Waals surface area contributed by atoms with E-state index < -0.39 is 6.10 Å². The van der Waals surface area contributed by atoms with E-state index in [9.17, 15) is 5.11 Å². The van der Waals surface area contributed by atoms with Gasteiger partial charge in [-0.05, 0) is 17.7 Å². The molecule has 0 saturated carbocycles. The first-order valence-corrected chi connectivity index (χ1v) is 3.96. The number of rotatable bonds is 2. The Morgan fingerprint density at radius 3 is 2.29 bits per heavy atom. The zero-order chi connectivity index (χ0) is 10.6. The minimum atomic E-state index is -0.979. The highest BCUT2D eigenvalue weighted by Crippen LogP contribution is 2.19. The van der Waals surface area contributed by atoms with Gasteiger partial charge in [0, 0.05) is 0 Å². The Hall–Kier alpha value is -2.10. The van der Waals surface area contributed by atoms with Crippen LogP contribution in [0.1, 0.15) is 17.2 Å². The lowest BCUT2D eigenvalue weighted by molar-refractivity contribution is 0.221. The average Bonchev–Trinajstić information content (AvgIpc) is 2.27. The van der Waals surface area contributed by atoms with Crippen LogP contribution in [0, 0.1) is 22.7 Å². The van der Waals surface area contributed by atoms with Crippen LogP contribution in [0.5, 0.6) is 0 Å². The van der Waals surface area contributed by atoms with Gasteiger partial charge in [0.1, 0.15) is 6.10 Å². The van der Waals surface area contributed by atoms with E-state index in [-0.39, 0.29) is 5.57 Å². The maximum Gasteiger partial charge on any atom is 0.113 e. The number of hydrogen-bond acceptors (Lipinski definition) is 3. The third-order valence-corrected chi connectivity index (χ3v) is 1.83. The summed E-state index contributed by atoms with van der Waals surface area (Å²) in [5.74, 6) is 0. The normalized spacial score (nSPS) is 11.1. The van der Waals surface area contributed by atoms with Crippen molar-refractivity contribution in [3.63, 3.8) is 0 Å². The summed E-state index contributed by atoms with van der Waals surface area (Å²) in [6.45, 7) is 3.42. The molecule has 0 amide bonds. The molecule has 1 aromatic rings. The van der Waals surface area contributed by atoms with E-state index in [1.165, 1.54) is 0 Å². The van der Waals surface area contributed by atoms with E-state index in [1.807, 2.05) is 6.07 Å². The van der Waals surface area contributed by atoms with Crippen LogP contribution in [0.4, 0.5) is 0 Å². The molecule has 68 valence electrons. The number of hydrogen-bond donors (Lipinski definition) is 1. The smallest absolute Gasteiger partial charge is 0.113 e. The molecule has 14 heavy (non-hydrogen) atoms. The van der Waals surface area contributed by atoms with Gasteiger partial charge in [0.15, 0.2) is 0 Å². The fourth-order valence-corrected chi connectivity index (χ4v) is 1.00. The summed E-state index contributed by atoms with van der Waals surface area (Å²) in [6, 6.07) is 10.1. The minimum absolute atomic E-state index is 0.0923. The molecule has 3 heteroatoms. The topological polar surface area (TPSA) is 67.8 Å². The number of aliphatic hydroxyl groups is 1. The predicted octanol–water partition coefficient (Wildman–Crippen LogP) is 1.67. The van der Waals surface area contributed by atoms with Gasteiger partial charge < -0.3 is 5.11 Å². The van der Waals surface area contributed by atoms with Gasteiger partial charge >= 0.3 is 0 Å². The first kappa shape index (κ1) is 9.98. The fraction of sp³-hybridized carbons (Fsp3) is 0.0909. The Kier molecular flexibility index (Phi) is 3.01. The minimum Gasteiger partial charge on any atom is -0.383 e. The van der Waals surface area contributed by atoms with Gasteiger partial charge in [-0.25, -0.2) is 0 Å². The summed E-state index contributed by atoms with van der Waals surface area (Å²) in [7, 11) is 0. The molecule has 1 atom stereocenters. The van der Waals surface area contributed by atoms with Crippen molar-refractivity contribution in [2.45, 2.75) is 6.10 Å². The van der Waals surface area contributed by atoms with E-state index >= 15 is 0 Å². The zero-order valence-electron chi connectivity index (χ0n) is 7.44. The summed E-state index contributed by atoms with van der Waals surface area (Å²) in [6.07, 6.45) is -0.979. The molecular formula is C11H8N2O. The Morgan fingerprint density at radius 2 is 1.86 bits per heavy atom. The van der Waals surface area contributed by atoms with Crippen molar-refractivity contribution in [3.8, 4) is 12.1 Å². The van der Waals surface area contributed by atoms with Crippen molar-refractivity contribution >= 4 is 0 Å². The van der Waals surface area contributed by atoms with E-state index in [2.05, 4.69) is 6.58 Å². The van der Waals surface area contributed by atoms with Gasteiger partial charge in [-0.2, -0.15) is 10.5 Å². The Labute approximate surface area is 82.1 Å².